The van der Waals surface area contributed by atoms with Gasteiger partial charge in [-0.25, -0.2) is 0 Å². The Bertz CT molecular complexity index is 726. The Morgan fingerprint density at radius 2 is 1.92 bits per heavy atom. The summed E-state index contributed by atoms with van der Waals surface area (Å²) in [6.07, 6.45) is 3.71. The molecule has 0 bridgehead atoms. The Labute approximate surface area is 149 Å². The van der Waals surface area contributed by atoms with Gasteiger partial charge in [0.25, 0.3) is 5.91 Å². The molecule has 0 saturated carbocycles. The molecule has 4 rings (SSSR count). The molecule has 1 N–H and O–H groups in total. The quantitative estimate of drug-likeness (QED) is 0.914. The lowest BCUT2D eigenvalue weighted by Crippen LogP contribution is -2.46. The summed E-state index contributed by atoms with van der Waals surface area (Å²) in [5.74, 6) is 1.82. The number of benzene rings is 1. The first-order valence-corrected chi connectivity index (χ1v) is 9.42. The molecule has 0 fully saturated rings. The van der Waals surface area contributed by atoms with Crippen LogP contribution in [0.15, 0.2) is 23.4 Å². The van der Waals surface area contributed by atoms with Crippen LogP contribution >= 0.6 is 0 Å². The minimum absolute atomic E-state index is 0.107. The Morgan fingerprint density at radius 3 is 2.68 bits per heavy atom. The van der Waals surface area contributed by atoms with Crippen molar-refractivity contribution in [2.75, 3.05) is 26.3 Å². The van der Waals surface area contributed by atoms with Crippen LogP contribution in [-0.2, 0) is 11.2 Å². The number of carbonyl (C=O) groups is 1. The monoisotopic (exact) mass is 342 g/mol. The van der Waals surface area contributed by atoms with E-state index < -0.39 is 0 Å². The lowest BCUT2D eigenvalue weighted by atomic mass is 9.83. The molecule has 1 aromatic carbocycles. The second-order valence-electron chi connectivity index (χ2n) is 6.82. The second kappa shape index (κ2) is 6.62. The van der Waals surface area contributed by atoms with Crippen molar-refractivity contribution in [3.05, 3.63) is 34.5 Å². The number of fused-ring (bicyclic) bond motifs is 3. The lowest BCUT2D eigenvalue weighted by molar-refractivity contribution is -0.131. The zero-order valence-electron chi connectivity index (χ0n) is 15.1. The molecule has 0 aliphatic carbocycles. The molecule has 1 aromatic rings. The zero-order valence-corrected chi connectivity index (χ0v) is 15.1. The summed E-state index contributed by atoms with van der Waals surface area (Å²) in [5, 5.41) is 3.46. The van der Waals surface area contributed by atoms with E-state index in [0.717, 1.165) is 61.5 Å². The minimum Gasteiger partial charge on any atom is -0.490 e. The van der Waals surface area contributed by atoms with Crippen molar-refractivity contribution in [3.8, 4) is 11.5 Å². The molecule has 25 heavy (non-hydrogen) atoms. The maximum atomic E-state index is 13.0. The average Bonchev–Trinajstić information content (AvgIpc) is 2.63. The van der Waals surface area contributed by atoms with Gasteiger partial charge < -0.3 is 19.7 Å². The fourth-order valence-electron chi connectivity index (χ4n) is 4.27. The number of amides is 1. The van der Waals surface area contributed by atoms with E-state index >= 15 is 0 Å². The summed E-state index contributed by atoms with van der Waals surface area (Å²) in [6, 6.07) is 4.32. The van der Waals surface area contributed by atoms with Crippen molar-refractivity contribution in [1.82, 2.24) is 10.2 Å². The van der Waals surface area contributed by atoms with Crippen LogP contribution in [0.5, 0.6) is 11.5 Å². The number of hydrogen-bond donors (Lipinski definition) is 1. The molecule has 5 heteroatoms. The molecule has 1 unspecified atom stereocenters. The van der Waals surface area contributed by atoms with E-state index in [-0.39, 0.29) is 11.9 Å². The fraction of sp³-hybridized carbons (Fsp3) is 0.550. The van der Waals surface area contributed by atoms with Gasteiger partial charge >= 0.3 is 0 Å². The number of nitrogens with one attached hydrogen (secondary N) is 1. The van der Waals surface area contributed by atoms with Crippen molar-refractivity contribution in [3.63, 3.8) is 0 Å². The van der Waals surface area contributed by atoms with Crippen LogP contribution in [0.2, 0.25) is 0 Å². The highest BCUT2D eigenvalue weighted by atomic mass is 16.5. The third kappa shape index (κ3) is 2.75. The van der Waals surface area contributed by atoms with E-state index in [1.54, 1.807) is 0 Å². The van der Waals surface area contributed by atoms with Gasteiger partial charge in [0, 0.05) is 30.8 Å². The molecular formula is C20H26N2O3. The van der Waals surface area contributed by atoms with Gasteiger partial charge in [-0.1, -0.05) is 0 Å². The molecule has 3 aliphatic heterocycles. The summed E-state index contributed by atoms with van der Waals surface area (Å²) in [6.45, 7) is 6.94. The predicted octanol–water partition coefficient (Wildman–Crippen LogP) is 2.95. The number of carbonyl (C=O) groups excluding carboxylic acids is 1. The normalized spacial score (nSPS) is 21.9. The maximum absolute atomic E-state index is 13.0. The predicted molar refractivity (Wildman–Crippen MR) is 95.8 cm³/mol. The van der Waals surface area contributed by atoms with Crippen LogP contribution in [0.1, 0.15) is 50.3 Å². The Morgan fingerprint density at radius 1 is 1.16 bits per heavy atom. The molecule has 134 valence electrons. The van der Waals surface area contributed by atoms with Gasteiger partial charge in [0.1, 0.15) is 0 Å². The minimum atomic E-state index is 0.107. The molecule has 3 aliphatic rings. The Hall–Kier alpha value is -2.17. The highest BCUT2D eigenvalue weighted by Gasteiger charge is 2.39. The van der Waals surface area contributed by atoms with Crippen LogP contribution < -0.4 is 14.8 Å². The number of rotatable bonds is 4. The average molecular weight is 342 g/mol. The Kier molecular flexibility index (Phi) is 4.32. The Balaban J connectivity index is 1.74. The molecule has 1 atom stereocenters. The van der Waals surface area contributed by atoms with E-state index in [9.17, 15) is 4.79 Å². The van der Waals surface area contributed by atoms with Crippen LogP contribution in [0.3, 0.4) is 0 Å². The van der Waals surface area contributed by atoms with Gasteiger partial charge in [0.15, 0.2) is 11.5 Å². The lowest BCUT2D eigenvalue weighted by Gasteiger charge is -2.43. The summed E-state index contributed by atoms with van der Waals surface area (Å²) in [7, 11) is 0. The van der Waals surface area contributed by atoms with Crippen molar-refractivity contribution >= 4 is 5.91 Å². The topological polar surface area (TPSA) is 50.8 Å². The van der Waals surface area contributed by atoms with Crippen molar-refractivity contribution in [1.29, 1.82) is 0 Å². The molecule has 0 saturated heterocycles. The highest BCUT2D eigenvalue weighted by molar-refractivity contribution is 5.96. The van der Waals surface area contributed by atoms with Crippen molar-refractivity contribution in [2.45, 2.75) is 45.6 Å². The molecular weight excluding hydrogens is 316 g/mol. The van der Waals surface area contributed by atoms with Gasteiger partial charge in [-0.2, -0.15) is 0 Å². The van der Waals surface area contributed by atoms with Gasteiger partial charge in [-0.3, -0.25) is 4.79 Å². The number of ether oxygens (including phenoxy) is 2. The first kappa shape index (κ1) is 16.3. The van der Waals surface area contributed by atoms with E-state index in [0.29, 0.717) is 13.2 Å². The van der Waals surface area contributed by atoms with Crippen LogP contribution in [0.25, 0.3) is 0 Å². The standard InChI is InChI=1S/C20H26N2O3/c1-3-24-18-10-13-7-9-22-17(15(13)11-19(18)25-4-2)12-16-14(20(22)23)6-5-8-21-16/h10-11,17,21H,3-9,12H2,1-2H3. The second-order valence-corrected chi connectivity index (χ2v) is 6.82. The molecule has 0 aromatic heterocycles. The van der Waals surface area contributed by atoms with Gasteiger partial charge in [-0.15, -0.1) is 0 Å². The van der Waals surface area contributed by atoms with E-state index in [1.807, 2.05) is 13.8 Å². The van der Waals surface area contributed by atoms with Crippen LogP contribution in [0, 0.1) is 0 Å². The van der Waals surface area contributed by atoms with E-state index in [4.69, 9.17) is 9.47 Å². The fourth-order valence-corrected chi connectivity index (χ4v) is 4.27. The van der Waals surface area contributed by atoms with Crippen LogP contribution in [0.4, 0.5) is 0 Å². The number of nitrogens with zero attached hydrogens (tertiary/aromatic N) is 1. The van der Waals surface area contributed by atoms with Gasteiger partial charge in [0.2, 0.25) is 0 Å². The molecule has 0 radical (unpaired) electrons. The van der Waals surface area contributed by atoms with Crippen molar-refractivity contribution in [2.24, 2.45) is 0 Å². The smallest absolute Gasteiger partial charge is 0.252 e. The SMILES string of the molecule is CCOc1cc2c(cc1OCC)C1CC3=C(CCCN3)C(=O)N1CC2. The van der Waals surface area contributed by atoms with Gasteiger partial charge in [-0.05, 0) is 56.4 Å². The first-order chi connectivity index (χ1) is 12.2. The highest BCUT2D eigenvalue weighted by Crippen LogP contribution is 2.44. The molecule has 0 spiro atoms. The largest absolute Gasteiger partial charge is 0.490 e. The summed E-state index contributed by atoms with van der Waals surface area (Å²) in [5.41, 5.74) is 4.64. The molecule has 5 nitrogen and oxygen atoms in total. The van der Waals surface area contributed by atoms with E-state index in [1.165, 1.54) is 11.1 Å². The molecule has 1 amide bonds. The number of hydrogen-bond acceptors (Lipinski definition) is 4. The van der Waals surface area contributed by atoms with Crippen LogP contribution in [-0.4, -0.2) is 37.1 Å². The van der Waals surface area contributed by atoms with E-state index in [2.05, 4.69) is 22.3 Å². The third-order valence-corrected chi connectivity index (χ3v) is 5.39. The van der Waals surface area contributed by atoms with Gasteiger partial charge in [0.05, 0.1) is 19.3 Å². The maximum Gasteiger partial charge on any atom is 0.252 e. The van der Waals surface area contributed by atoms with Crippen molar-refractivity contribution < 1.29 is 14.3 Å². The first-order valence-electron chi connectivity index (χ1n) is 9.42. The third-order valence-electron chi connectivity index (χ3n) is 5.39. The zero-order chi connectivity index (χ0) is 17.4. The summed E-state index contributed by atoms with van der Waals surface area (Å²) in [4.78, 5) is 15.0. The summed E-state index contributed by atoms with van der Waals surface area (Å²) < 4.78 is 11.6. The summed E-state index contributed by atoms with van der Waals surface area (Å²) >= 11 is 0. The molecule has 3 heterocycles.